The summed E-state index contributed by atoms with van der Waals surface area (Å²) in [6.07, 6.45) is 0. The Kier molecular flexibility index (Phi) is 3.92. The van der Waals surface area contributed by atoms with Crippen molar-refractivity contribution in [1.82, 2.24) is 0 Å². The Bertz CT molecular complexity index is 702. The van der Waals surface area contributed by atoms with E-state index in [1.807, 2.05) is 12.1 Å². The van der Waals surface area contributed by atoms with Crippen molar-refractivity contribution >= 4 is 11.4 Å². The Labute approximate surface area is 132 Å². The predicted molar refractivity (Wildman–Crippen MR) is 91.3 cm³/mol. The average Bonchev–Trinajstić information content (AvgIpc) is 2.52. The van der Waals surface area contributed by atoms with Crippen molar-refractivity contribution in [1.29, 1.82) is 0 Å². The van der Waals surface area contributed by atoms with E-state index in [4.69, 9.17) is 0 Å². The second-order valence-corrected chi connectivity index (χ2v) is 5.61. The van der Waals surface area contributed by atoms with Crippen LogP contribution in [-0.2, 0) is 0 Å². The Balaban J connectivity index is 2.24. The molecular weight excluding hydrogens is 268 g/mol. The molecule has 0 atom stereocenters. The molecule has 0 radical (unpaired) electrons. The van der Waals surface area contributed by atoms with E-state index in [0.29, 0.717) is 0 Å². The molecule has 0 aliphatic rings. The molecule has 3 rings (SSSR count). The number of nitrogens with zero attached hydrogens (tertiary/aromatic N) is 2. The number of rotatable bonds is 3. The van der Waals surface area contributed by atoms with Crippen LogP contribution < -0.4 is 9.69 Å². The van der Waals surface area contributed by atoms with Crippen LogP contribution in [0.2, 0.25) is 0 Å². The van der Waals surface area contributed by atoms with Crippen LogP contribution in [0.5, 0.6) is 0 Å². The van der Waals surface area contributed by atoms with E-state index in [9.17, 15) is 0 Å². The highest BCUT2D eigenvalue weighted by molar-refractivity contribution is 5.59. The summed E-state index contributed by atoms with van der Waals surface area (Å²) in [7, 11) is 0. The fourth-order valence-electron chi connectivity index (χ4n) is 2.93. The predicted octanol–water partition coefficient (Wildman–Crippen LogP) is 4.50. The zero-order chi connectivity index (χ0) is 15.5. The van der Waals surface area contributed by atoms with Crippen LogP contribution in [0, 0.1) is 20.8 Å². The van der Waals surface area contributed by atoms with E-state index in [1.54, 1.807) is 0 Å². The molecule has 0 fully saturated rings. The number of hydrogen-bond acceptors (Lipinski definition) is 1. The summed E-state index contributed by atoms with van der Waals surface area (Å²) in [5.41, 5.74) is 6.00. The van der Waals surface area contributed by atoms with Gasteiger partial charge in [-0.2, -0.15) is 0 Å². The lowest BCUT2D eigenvalue weighted by Gasteiger charge is -2.21. The van der Waals surface area contributed by atoms with Crippen LogP contribution in [-0.4, -0.2) is 0 Å². The summed E-state index contributed by atoms with van der Waals surface area (Å²) in [5.74, 6) is 0. The van der Waals surface area contributed by atoms with Gasteiger partial charge >= 0.3 is 0 Å². The molecule has 0 aliphatic carbocycles. The summed E-state index contributed by atoms with van der Waals surface area (Å²) >= 11 is 0. The van der Waals surface area contributed by atoms with Gasteiger partial charge in [0.2, 0.25) is 11.4 Å². The van der Waals surface area contributed by atoms with E-state index >= 15 is 0 Å². The molecule has 2 aromatic carbocycles. The molecule has 0 aliphatic heterocycles. The van der Waals surface area contributed by atoms with Crippen molar-refractivity contribution in [3.05, 3.63) is 89.7 Å². The number of benzene rings is 2. The maximum Gasteiger partial charge on any atom is 0.210 e. The van der Waals surface area contributed by atoms with Crippen molar-refractivity contribution in [3.8, 4) is 0 Å². The highest BCUT2D eigenvalue weighted by atomic mass is 15.6. The molecule has 3 aromatic rings. The summed E-state index contributed by atoms with van der Waals surface area (Å²) < 4.78 is 2.26. The van der Waals surface area contributed by atoms with Gasteiger partial charge in [0.05, 0.1) is 0 Å². The van der Waals surface area contributed by atoms with Gasteiger partial charge in [-0.25, -0.2) is 0 Å². The zero-order valence-corrected chi connectivity index (χ0v) is 13.3. The summed E-state index contributed by atoms with van der Waals surface area (Å²) in [6.45, 7) is 6.44. The van der Waals surface area contributed by atoms with Gasteiger partial charge in [0.1, 0.15) is 11.4 Å². The van der Waals surface area contributed by atoms with Crippen LogP contribution in [0.1, 0.15) is 17.0 Å². The summed E-state index contributed by atoms with van der Waals surface area (Å²) in [6, 6.07) is 25.4. The van der Waals surface area contributed by atoms with Crippen LogP contribution in [0.4, 0.5) is 11.4 Å². The van der Waals surface area contributed by atoms with Crippen molar-refractivity contribution < 1.29 is 4.68 Å². The molecule has 0 spiro atoms. The second kappa shape index (κ2) is 6.02. The fraction of sp³-hybridized carbons (Fsp3) is 0.150. The van der Waals surface area contributed by atoms with Crippen molar-refractivity contribution in [2.24, 2.45) is 0 Å². The molecule has 0 saturated carbocycles. The molecule has 2 nitrogen and oxygen atoms in total. The zero-order valence-electron chi connectivity index (χ0n) is 13.3. The van der Waals surface area contributed by atoms with Gasteiger partial charge in [-0.1, -0.05) is 41.1 Å². The summed E-state index contributed by atoms with van der Waals surface area (Å²) in [5, 5.41) is 2.25. The van der Waals surface area contributed by atoms with Gasteiger partial charge in [0.15, 0.2) is 0 Å². The van der Waals surface area contributed by atoms with E-state index in [1.165, 1.54) is 17.0 Å². The van der Waals surface area contributed by atoms with Gasteiger partial charge in [-0.05, 0) is 36.8 Å². The Morgan fingerprint density at radius 3 is 1.45 bits per heavy atom. The minimum atomic E-state index is 1.15. The average molecular weight is 289 g/mol. The quantitative estimate of drug-likeness (QED) is 0.644. The number of hydrogen-bond donors (Lipinski definition) is 0. The number of aryl methyl sites for hydroxylation is 3. The SMILES string of the molecule is Cc1cc(C)[n+](N(c2ccccc2)c2ccccc2)c(C)c1. The number of anilines is 2. The molecule has 0 N–H and O–H groups in total. The standard InChI is InChI=1S/C20H21N2/c1-16-14-17(2)21(18(3)15-16)22(19-10-6-4-7-11-19)20-12-8-5-9-13-20/h4-15H,1-3H3/q+1. The van der Waals surface area contributed by atoms with Gasteiger partial charge in [-0.3, -0.25) is 0 Å². The second-order valence-electron chi connectivity index (χ2n) is 5.61. The third-order valence-electron chi connectivity index (χ3n) is 3.74. The normalized spacial score (nSPS) is 10.5. The Morgan fingerprint density at radius 1 is 0.636 bits per heavy atom. The number of aromatic nitrogens is 1. The van der Waals surface area contributed by atoms with Crippen LogP contribution >= 0.6 is 0 Å². The molecule has 2 heteroatoms. The molecule has 0 saturated heterocycles. The van der Waals surface area contributed by atoms with E-state index in [0.717, 1.165) is 11.4 Å². The largest absolute Gasteiger partial charge is 0.210 e. The first-order chi connectivity index (χ1) is 10.7. The van der Waals surface area contributed by atoms with Crippen LogP contribution in [0.3, 0.4) is 0 Å². The Hall–Kier alpha value is -2.61. The topological polar surface area (TPSA) is 7.12 Å². The lowest BCUT2D eigenvalue weighted by molar-refractivity contribution is -0.687. The minimum Gasteiger partial charge on any atom is -0.116 e. The molecule has 110 valence electrons. The van der Waals surface area contributed by atoms with E-state index in [2.05, 4.69) is 91.1 Å². The first-order valence-corrected chi connectivity index (χ1v) is 7.57. The molecule has 1 heterocycles. The number of para-hydroxylation sites is 2. The molecule has 22 heavy (non-hydrogen) atoms. The van der Waals surface area contributed by atoms with Crippen molar-refractivity contribution in [3.63, 3.8) is 0 Å². The molecule has 1 aromatic heterocycles. The monoisotopic (exact) mass is 289 g/mol. The van der Waals surface area contributed by atoms with Gasteiger partial charge in [0.25, 0.3) is 0 Å². The van der Waals surface area contributed by atoms with Crippen LogP contribution in [0.25, 0.3) is 0 Å². The van der Waals surface area contributed by atoms with E-state index in [-0.39, 0.29) is 0 Å². The van der Waals surface area contributed by atoms with Crippen molar-refractivity contribution in [2.75, 3.05) is 5.01 Å². The first kappa shape index (κ1) is 14.3. The lowest BCUT2D eigenvalue weighted by atomic mass is 10.2. The molecule has 0 amide bonds. The van der Waals surface area contributed by atoms with Crippen molar-refractivity contribution in [2.45, 2.75) is 20.8 Å². The highest BCUT2D eigenvalue weighted by Crippen LogP contribution is 2.23. The third kappa shape index (κ3) is 2.73. The molecule has 0 bridgehead atoms. The summed E-state index contributed by atoms with van der Waals surface area (Å²) in [4.78, 5) is 0. The lowest BCUT2D eigenvalue weighted by Crippen LogP contribution is -2.55. The fourth-order valence-corrected chi connectivity index (χ4v) is 2.93. The highest BCUT2D eigenvalue weighted by Gasteiger charge is 2.24. The minimum absolute atomic E-state index is 1.15. The molecule has 0 unspecified atom stereocenters. The first-order valence-electron chi connectivity index (χ1n) is 7.57. The van der Waals surface area contributed by atoms with Gasteiger partial charge in [-0.15, -0.1) is 5.01 Å². The Morgan fingerprint density at radius 2 is 1.05 bits per heavy atom. The maximum atomic E-state index is 2.26. The van der Waals surface area contributed by atoms with Gasteiger partial charge < -0.3 is 0 Å². The van der Waals surface area contributed by atoms with Crippen LogP contribution in [0.15, 0.2) is 72.8 Å². The van der Waals surface area contributed by atoms with E-state index < -0.39 is 0 Å². The number of pyridine rings is 1. The molecular formula is C20H21N2+. The maximum absolute atomic E-state index is 2.26. The van der Waals surface area contributed by atoms with Gasteiger partial charge in [0, 0.05) is 26.0 Å². The third-order valence-corrected chi connectivity index (χ3v) is 3.74. The smallest absolute Gasteiger partial charge is 0.116 e.